The molecule has 0 aromatic carbocycles. The van der Waals surface area contributed by atoms with Crippen molar-refractivity contribution in [2.24, 2.45) is 0 Å². The number of nitrogens with zero attached hydrogens (tertiary/aromatic N) is 3. The fraction of sp³-hybridized carbons (Fsp3) is 0.231. The van der Waals surface area contributed by atoms with Gasteiger partial charge in [-0.25, -0.2) is 4.98 Å². The highest BCUT2D eigenvalue weighted by molar-refractivity contribution is 6.31. The second-order valence-electron chi connectivity index (χ2n) is 4.28. The molecule has 0 aliphatic rings. The van der Waals surface area contributed by atoms with Gasteiger partial charge in [0.1, 0.15) is 5.82 Å². The van der Waals surface area contributed by atoms with Crippen LogP contribution in [-0.4, -0.2) is 21.0 Å². The molecule has 0 amide bonds. The smallest absolute Gasteiger partial charge is 0.332 e. The number of pyridine rings is 2. The van der Waals surface area contributed by atoms with Crippen LogP contribution in [0.5, 0.6) is 0 Å². The number of nitro groups is 1. The number of halogens is 1. The fourth-order valence-corrected chi connectivity index (χ4v) is 1.96. The zero-order chi connectivity index (χ0) is 15.4. The molecule has 0 atom stereocenters. The maximum Gasteiger partial charge on any atom is 0.332 e. The largest absolute Gasteiger partial charge is 0.370 e. The van der Waals surface area contributed by atoms with Gasteiger partial charge in [0.25, 0.3) is 5.43 Å². The average molecular weight is 309 g/mol. The molecule has 2 aromatic rings. The minimum atomic E-state index is -0.705. The van der Waals surface area contributed by atoms with E-state index >= 15 is 0 Å². The van der Waals surface area contributed by atoms with E-state index in [1.165, 1.54) is 17.0 Å². The molecule has 2 aromatic heterocycles. The molecule has 0 fully saturated rings. The Bertz CT molecular complexity index is 730. The van der Waals surface area contributed by atoms with Crippen LogP contribution >= 0.6 is 11.6 Å². The summed E-state index contributed by atoms with van der Waals surface area (Å²) >= 11 is 6.08. The van der Waals surface area contributed by atoms with E-state index in [1.807, 2.05) is 6.92 Å². The first kappa shape index (κ1) is 15.0. The van der Waals surface area contributed by atoms with E-state index in [4.69, 9.17) is 11.6 Å². The van der Waals surface area contributed by atoms with E-state index in [9.17, 15) is 14.9 Å². The van der Waals surface area contributed by atoms with Crippen LogP contribution in [0.4, 0.5) is 11.5 Å². The summed E-state index contributed by atoms with van der Waals surface area (Å²) in [5.41, 5.74) is -0.541. The molecule has 1 N–H and O–H groups in total. The Morgan fingerprint density at radius 1 is 1.43 bits per heavy atom. The first-order valence-corrected chi connectivity index (χ1v) is 6.63. The van der Waals surface area contributed by atoms with E-state index in [0.29, 0.717) is 16.5 Å². The highest BCUT2D eigenvalue weighted by Crippen LogP contribution is 2.18. The summed E-state index contributed by atoms with van der Waals surface area (Å²) in [4.78, 5) is 25.8. The third-order valence-corrected chi connectivity index (χ3v) is 3.11. The lowest BCUT2D eigenvalue weighted by Gasteiger charge is -2.09. The van der Waals surface area contributed by atoms with Crippen LogP contribution in [0, 0.1) is 10.1 Å². The molecule has 110 valence electrons. The van der Waals surface area contributed by atoms with E-state index in [1.54, 1.807) is 12.1 Å². The highest BCUT2D eigenvalue weighted by Gasteiger charge is 2.12. The van der Waals surface area contributed by atoms with E-state index < -0.39 is 16.0 Å². The predicted molar refractivity (Wildman–Crippen MR) is 79.9 cm³/mol. The first-order chi connectivity index (χ1) is 10.0. The molecule has 21 heavy (non-hydrogen) atoms. The Morgan fingerprint density at radius 3 is 2.86 bits per heavy atom. The second kappa shape index (κ2) is 6.36. The fourth-order valence-electron chi connectivity index (χ4n) is 1.80. The van der Waals surface area contributed by atoms with Gasteiger partial charge in [-0.2, -0.15) is 0 Å². The first-order valence-electron chi connectivity index (χ1n) is 6.25. The average Bonchev–Trinajstić information content (AvgIpc) is 2.44. The van der Waals surface area contributed by atoms with Crippen molar-refractivity contribution in [2.45, 2.75) is 13.5 Å². The molecular formula is C13H13ClN4O3. The van der Waals surface area contributed by atoms with Gasteiger partial charge < -0.3 is 9.88 Å². The summed E-state index contributed by atoms with van der Waals surface area (Å²) in [6.07, 6.45) is 2.65. The third-order valence-electron chi connectivity index (χ3n) is 2.76. The highest BCUT2D eigenvalue weighted by atomic mass is 35.5. The van der Waals surface area contributed by atoms with Crippen LogP contribution in [0.25, 0.3) is 0 Å². The maximum atomic E-state index is 11.4. The Balaban J connectivity index is 2.33. The van der Waals surface area contributed by atoms with Gasteiger partial charge in [0.2, 0.25) is 0 Å². The minimum absolute atomic E-state index is 0.235. The molecule has 8 heteroatoms. The van der Waals surface area contributed by atoms with Gasteiger partial charge in [0, 0.05) is 18.8 Å². The Hall–Kier alpha value is -2.41. The number of anilines is 1. The Morgan fingerprint density at radius 2 is 2.19 bits per heavy atom. The summed E-state index contributed by atoms with van der Waals surface area (Å²) < 4.78 is 1.50. The standard InChI is InChI=1S/C13H13ClN4O3/c1-2-15-13-4-3-9(14)10(16-13)7-17-6-5-12(19)11(8-17)18(20)21/h3-6,8H,2,7H2,1H3,(H,15,16). The molecular weight excluding hydrogens is 296 g/mol. The van der Waals surface area contributed by atoms with Gasteiger partial charge in [0.15, 0.2) is 0 Å². The van der Waals surface area contributed by atoms with Crippen molar-refractivity contribution in [3.8, 4) is 0 Å². The number of hydrogen-bond donors (Lipinski definition) is 1. The van der Waals surface area contributed by atoms with Crippen LogP contribution in [0.1, 0.15) is 12.6 Å². The third kappa shape index (κ3) is 3.57. The maximum absolute atomic E-state index is 11.4. The lowest BCUT2D eigenvalue weighted by Crippen LogP contribution is -2.12. The topological polar surface area (TPSA) is 90.1 Å². The number of rotatable bonds is 5. The second-order valence-corrected chi connectivity index (χ2v) is 4.69. The van der Waals surface area contributed by atoms with Gasteiger partial charge in [0.05, 0.1) is 28.4 Å². The minimum Gasteiger partial charge on any atom is -0.370 e. The monoisotopic (exact) mass is 308 g/mol. The van der Waals surface area contributed by atoms with Crippen LogP contribution in [0.2, 0.25) is 5.02 Å². The van der Waals surface area contributed by atoms with Gasteiger partial charge in [-0.1, -0.05) is 11.6 Å². The van der Waals surface area contributed by atoms with Gasteiger partial charge in [-0.3, -0.25) is 14.9 Å². The van der Waals surface area contributed by atoms with Crippen LogP contribution in [-0.2, 0) is 6.54 Å². The van der Waals surface area contributed by atoms with Crippen molar-refractivity contribution in [1.29, 1.82) is 0 Å². The van der Waals surface area contributed by atoms with Crippen LogP contribution in [0.3, 0.4) is 0 Å². The van der Waals surface area contributed by atoms with Crippen molar-refractivity contribution in [3.63, 3.8) is 0 Å². The van der Waals surface area contributed by atoms with E-state index in [2.05, 4.69) is 10.3 Å². The number of aromatic nitrogens is 2. The van der Waals surface area contributed by atoms with E-state index in [-0.39, 0.29) is 6.54 Å². The van der Waals surface area contributed by atoms with Crippen LogP contribution in [0.15, 0.2) is 35.4 Å². The molecule has 2 rings (SSSR count). The zero-order valence-electron chi connectivity index (χ0n) is 11.2. The molecule has 7 nitrogen and oxygen atoms in total. The van der Waals surface area contributed by atoms with Gasteiger partial charge >= 0.3 is 5.69 Å². The Labute approximate surface area is 125 Å². The van der Waals surface area contributed by atoms with Crippen molar-refractivity contribution >= 4 is 23.1 Å². The summed E-state index contributed by atoms with van der Waals surface area (Å²) in [6, 6.07) is 4.61. The normalized spacial score (nSPS) is 10.4. The number of hydrogen-bond acceptors (Lipinski definition) is 5. The quantitative estimate of drug-likeness (QED) is 0.676. The number of nitrogens with one attached hydrogen (secondary N) is 1. The molecule has 0 unspecified atom stereocenters. The summed E-state index contributed by atoms with van der Waals surface area (Å²) in [6.45, 7) is 2.90. The molecule has 0 saturated carbocycles. The van der Waals surface area contributed by atoms with Crippen molar-refractivity contribution in [2.75, 3.05) is 11.9 Å². The van der Waals surface area contributed by atoms with Crippen molar-refractivity contribution in [1.82, 2.24) is 9.55 Å². The van der Waals surface area contributed by atoms with Gasteiger partial charge in [-0.15, -0.1) is 0 Å². The predicted octanol–water partition coefficient (Wildman–Crippen LogP) is 2.28. The zero-order valence-corrected chi connectivity index (χ0v) is 12.0. The van der Waals surface area contributed by atoms with Crippen molar-refractivity contribution in [3.05, 3.63) is 61.6 Å². The lowest BCUT2D eigenvalue weighted by atomic mass is 10.3. The Kier molecular flexibility index (Phi) is 4.54. The van der Waals surface area contributed by atoms with Crippen molar-refractivity contribution < 1.29 is 4.92 Å². The molecule has 0 spiro atoms. The van der Waals surface area contributed by atoms with Crippen LogP contribution < -0.4 is 10.7 Å². The summed E-state index contributed by atoms with van der Waals surface area (Å²) in [5.74, 6) is 0.674. The van der Waals surface area contributed by atoms with Gasteiger partial charge in [-0.05, 0) is 19.1 Å². The molecule has 2 heterocycles. The molecule has 0 aliphatic heterocycles. The SMILES string of the molecule is CCNc1ccc(Cl)c(Cn2ccc(=O)c([N+](=O)[O-])c2)n1. The molecule has 0 bridgehead atoms. The lowest BCUT2D eigenvalue weighted by molar-refractivity contribution is -0.386. The molecule has 0 saturated heterocycles. The summed E-state index contributed by atoms with van der Waals surface area (Å²) in [5, 5.41) is 14.3. The summed E-state index contributed by atoms with van der Waals surface area (Å²) in [7, 11) is 0. The molecule has 0 aliphatic carbocycles. The molecule has 0 radical (unpaired) electrons. The van der Waals surface area contributed by atoms with E-state index in [0.717, 1.165) is 12.6 Å².